The van der Waals surface area contributed by atoms with Gasteiger partial charge in [0.05, 0.1) is 5.69 Å². The van der Waals surface area contributed by atoms with Crippen LogP contribution in [0.2, 0.25) is 0 Å². The first-order valence-electron chi connectivity index (χ1n) is 5.82. The van der Waals surface area contributed by atoms with Crippen LogP contribution in [0.15, 0.2) is 18.2 Å². The van der Waals surface area contributed by atoms with Crippen molar-refractivity contribution in [3.8, 4) is 11.5 Å². The van der Waals surface area contributed by atoms with Crippen molar-refractivity contribution < 1.29 is 24.9 Å². The van der Waals surface area contributed by atoms with Crippen LogP contribution in [0.1, 0.15) is 26.4 Å². The maximum atomic E-state index is 12.3. The van der Waals surface area contributed by atoms with E-state index in [1.54, 1.807) is 6.92 Å². The van der Waals surface area contributed by atoms with Gasteiger partial charge < -0.3 is 20.2 Å². The molecule has 1 aromatic carbocycles. The smallest absolute Gasteiger partial charge is 0.340 e. The number of carbonyl (C=O) groups excluding carboxylic acids is 1. The van der Waals surface area contributed by atoms with Crippen molar-refractivity contribution in [1.29, 1.82) is 0 Å². The molecule has 2 rings (SSSR count). The van der Waals surface area contributed by atoms with E-state index in [0.717, 1.165) is 22.5 Å². The molecule has 0 radical (unpaired) electrons. The van der Waals surface area contributed by atoms with Gasteiger partial charge in [0, 0.05) is 18.7 Å². The lowest BCUT2D eigenvalue weighted by atomic mass is 10.1. The second kappa shape index (κ2) is 5.41. The number of rotatable bonds is 3. The highest BCUT2D eigenvalue weighted by molar-refractivity contribution is 7.11. The zero-order chi connectivity index (χ0) is 15.7. The fourth-order valence-corrected chi connectivity index (χ4v) is 2.68. The summed E-state index contributed by atoms with van der Waals surface area (Å²) in [5, 5.41) is 28.2. The Balaban J connectivity index is 2.42. The highest BCUT2D eigenvalue weighted by Crippen LogP contribution is 2.30. The molecule has 0 saturated carbocycles. The predicted octanol–water partition coefficient (Wildman–Crippen LogP) is 1.84. The van der Waals surface area contributed by atoms with Gasteiger partial charge in [-0.25, -0.2) is 4.79 Å². The number of aromatic nitrogens is 1. The number of hydrogen-bond acceptors (Lipinski definition) is 6. The van der Waals surface area contributed by atoms with Crippen LogP contribution in [0.25, 0.3) is 0 Å². The van der Waals surface area contributed by atoms with Crippen LogP contribution in [0.4, 0.5) is 5.00 Å². The molecule has 0 fully saturated rings. The first-order valence-corrected chi connectivity index (χ1v) is 6.59. The van der Waals surface area contributed by atoms with Gasteiger partial charge in [0.2, 0.25) is 0 Å². The van der Waals surface area contributed by atoms with Gasteiger partial charge >= 0.3 is 5.97 Å². The third kappa shape index (κ3) is 2.79. The van der Waals surface area contributed by atoms with Crippen molar-refractivity contribution in [1.82, 2.24) is 4.37 Å². The summed E-state index contributed by atoms with van der Waals surface area (Å²) in [6, 6.07) is 3.47. The lowest BCUT2D eigenvalue weighted by Crippen LogP contribution is -2.26. The van der Waals surface area contributed by atoms with Gasteiger partial charge in [-0.05, 0) is 30.6 Å². The number of benzene rings is 1. The Morgan fingerprint density at radius 3 is 2.29 bits per heavy atom. The van der Waals surface area contributed by atoms with Crippen LogP contribution >= 0.6 is 11.5 Å². The number of aromatic hydroxyl groups is 2. The molecule has 0 aliphatic heterocycles. The summed E-state index contributed by atoms with van der Waals surface area (Å²) in [6.07, 6.45) is 0. The van der Waals surface area contributed by atoms with E-state index in [1.807, 2.05) is 0 Å². The summed E-state index contributed by atoms with van der Waals surface area (Å²) in [7, 11) is 1.41. The number of amides is 1. The molecule has 110 valence electrons. The van der Waals surface area contributed by atoms with E-state index in [2.05, 4.69) is 4.37 Å². The molecule has 0 unspecified atom stereocenters. The minimum Gasteiger partial charge on any atom is -0.508 e. The van der Waals surface area contributed by atoms with E-state index in [4.69, 9.17) is 0 Å². The van der Waals surface area contributed by atoms with Crippen molar-refractivity contribution in [2.75, 3.05) is 11.9 Å². The number of carbonyl (C=O) groups is 2. The summed E-state index contributed by atoms with van der Waals surface area (Å²) in [4.78, 5) is 24.7. The van der Waals surface area contributed by atoms with Gasteiger partial charge in [-0.15, -0.1) is 0 Å². The molecular formula is C13H12N2O5S. The number of hydrogen-bond donors (Lipinski definition) is 3. The molecule has 1 aromatic heterocycles. The number of aromatic carboxylic acids is 1. The Morgan fingerprint density at radius 1 is 1.19 bits per heavy atom. The quantitative estimate of drug-likeness (QED) is 0.798. The fraction of sp³-hybridized carbons (Fsp3) is 0.154. The molecule has 1 heterocycles. The van der Waals surface area contributed by atoms with Crippen molar-refractivity contribution in [2.24, 2.45) is 0 Å². The molecule has 0 spiro atoms. The number of carboxylic acids is 1. The van der Waals surface area contributed by atoms with Crippen molar-refractivity contribution in [3.05, 3.63) is 35.0 Å². The summed E-state index contributed by atoms with van der Waals surface area (Å²) < 4.78 is 3.94. The molecule has 3 N–H and O–H groups in total. The number of anilines is 1. The van der Waals surface area contributed by atoms with E-state index < -0.39 is 11.9 Å². The average Bonchev–Trinajstić information content (AvgIpc) is 2.77. The Labute approximate surface area is 123 Å². The Morgan fingerprint density at radius 2 is 1.76 bits per heavy atom. The van der Waals surface area contributed by atoms with Gasteiger partial charge in [-0.3, -0.25) is 4.79 Å². The van der Waals surface area contributed by atoms with E-state index >= 15 is 0 Å². The van der Waals surface area contributed by atoms with Crippen LogP contribution in [-0.4, -0.2) is 38.6 Å². The number of phenolic OH excluding ortho intramolecular Hbond substituents is 2. The minimum atomic E-state index is -1.17. The Bertz CT molecular complexity index is 705. The molecule has 0 aliphatic rings. The average molecular weight is 308 g/mol. The second-order valence-corrected chi connectivity index (χ2v) is 5.11. The molecular weight excluding hydrogens is 296 g/mol. The van der Waals surface area contributed by atoms with Crippen LogP contribution < -0.4 is 4.90 Å². The predicted molar refractivity (Wildman–Crippen MR) is 76.3 cm³/mol. The molecule has 0 aliphatic carbocycles. The highest BCUT2D eigenvalue weighted by atomic mass is 32.1. The van der Waals surface area contributed by atoms with Gasteiger partial charge in [-0.1, -0.05) is 0 Å². The van der Waals surface area contributed by atoms with Crippen LogP contribution in [0.3, 0.4) is 0 Å². The maximum absolute atomic E-state index is 12.3. The molecule has 7 nitrogen and oxygen atoms in total. The van der Waals surface area contributed by atoms with Gasteiger partial charge in [0.15, 0.2) is 0 Å². The third-order valence-corrected chi connectivity index (χ3v) is 3.83. The number of aryl methyl sites for hydroxylation is 1. The van der Waals surface area contributed by atoms with Gasteiger partial charge in [0.1, 0.15) is 22.1 Å². The van der Waals surface area contributed by atoms with E-state index in [-0.39, 0.29) is 27.6 Å². The molecule has 8 heteroatoms. The topological polar surface area (TPSA) is 111 Å². The van der Waals surface area contributed by atoms with E-state index in [0.29, 0.717) is 5.69 Å². The van der Waals surface area contributed by atoms with Crippen LogP contribution in [-0.2, 0) is 0 Å². The van der Waals surface area contributed by atoms with Crippen LogP contribution in [0, 0.1) is 6.92 Å². The number of carboxylic acid groups (broad SMARTS) is 1. The van der Waals surface area contributed by atoms with E-state index in [9.17, 15) is 24.9 Å². The second-order valence-electron chi connectivity index (χ2n) is 4.36. The van der Waals surface area contributed by atoms with Crippen molar-refractivity contribution in [2.45, 2.75) is 6.92 Å². The fourth-order valence-electron chi connectivity index (χ4n) is 1.84. The van der Waals surface area contributed by atoms with Gasteiger partial charge in [0.25, 0.3) is 5.91 Å². The first-order chi connectivity index (χ1) is 9.81. The summed E-state index contributed by atoms with van der Waals surface area (Å²) in [6.45, 7) is 1.54. The summed E-state index contributed by atoms with van der Waals surface area (Å²) in [5.41, 5.74) is 0.318. The first kappa shape index (κ1) is 14.8. The third-order valence-electron chi connectivity index (χ3n) is 2.82. The maximum Gasteiger partial charge on any atom is 0.340 e. The SMILES string of the molecule is Cc1nsc(N(C)C(=O)c2cc(O)cc(O)c2)c1C(=O)O. The molecule has 0 bridgehead atoms. The zero-order valence-electron chi connectivity index (χ0n) is 11.2. The standard InChI is InChI=1S/C13H12N2O5S/c1-6-10(13(19)20)12(21-14-6)15(2)11(18)7-3-8(16)5-9(17)4-7/h3-5,16-17H,1-2H3,(H,19,20). The number of nitrogens with zero attached hydrogens (tertiary/aromatic N) is 2. The highest BCUT2D eigenvalue weighted by Gasteiger charge is 2.25. The molecule has 0 saturated heterocycles. The minimum absolute atomic E-state index is 0.0393. The van der Waals surface area contributed by atoms with E-state index in [1.165, 1.54) is 19.2 Å². The monoisotopic (exact) mass is 308 g/mol. The number of phenols is 2. The van der Waals surface area contributed by atoms with Crippen molar-refractivity contribution >= 4 is 28.4 Å². The normalized spacial score (nSPS) is 10.4. The largest absolute Gasteiger partial charge is 0.508 e. The molecule has 2 aromatic rings. The van der Waals surface area contributed by atoms with Crippen molar-refractivity contribution in [3.63, 3.8) is 0 Å². The Hall–Kier alpha value is -2.61. The zero-order valence-corrected chi connectivity index (χ0v) is 12.0. The van der Waals surface area contributed by atoms with Crippen LogP contribution in [0.5, 0.6) is 11.5 Å². The summed E-state index contributed by atoms with van der Waals surface area (Å²) in [5.74, 6) is -2.25. The van der Waals surface area contributed by atoms with Gasteiger partial charge in [-0.2, -0.15) is 4.37 Å². The Kier molecular flexibility index (Phi) is 3.81. The lowest BCUT2D eigenvalue weighted by molar-refractivity contribution is 0.0697. The lowest BCUT2D eigenvalue weighted by Gasteiger charge is -2.16. The molecule has 1 amide bonds. The molecule has 21 heavy (non-hydrogen) atoms. The summed E-state index contributed by atoms with van der Waals surface area (Å²) >= 11 is 0.893. The molecule has 0 atom stereocenters.